The van der Waals surface area contributed by atoms with E-state index in [1.165, 1.54) is 5.56 Å². The van der Waals surface area contributed by atoms with Crippen molar-refractivity contribution in [1.29, 1.82) is 5.26 Å². The largest absolute Gasteiger partial charge is 0.370 e. The van der Waals surface area contributed by atoms with Gasteiger partial charge in [0.25, 0.3) is 0 Å². The van der Waals surface area contributed by atoms with Crippen molar-refractivity contribution in [2.45, 2.75) is 6.42 Å². The standard InChI is InChI=1S/C12H10ClN3S/c13-11-5-10(7-14)6-12(16-11)15-3-1-9-2-4-17-8-9/h2,4-6,8H,1,3H2,(H,15,16). The number of anilines is 1. The first-order valence-electron chi connectivity index (χ1n) is 5.10. The van der Waals surface area contributed by atoms with Gasteiger partial charge in [0.1, 0.15) is 11.0 Å². The lowest BCUT2D eigenvalue weighted by Gasteiger charge is -2.05. The molecule has 86 valence electrons. The monoisotopic (exact) mass is 263 g/mol. The van der Waals surface area contributed by atoms with Gasteiger partial charge in [0, 0.05) is 6.54 Å². The number of pyridine rings is 1. The van der Waals surface area contributed by atoms with Crippen molar-refractivity contribution >= 4 is 28.8 Å². The van der Waals surface area contributed by atoms with E-state index in [1.54, 1.807) is 23.5 Å². The average Bonchev–Trinajstić information content (AvgIpc) is 2.81. The molecule has 0 saturated carbocycles. The van der Waals surface area contributed by atoms with Crippen LogP contribution in [0.25, 0.3) is 0 Å². The molecule has 0 amide bonds. The van der Waals surface area contributed by atoms with E-state index in [4.69, 9.17) is 16.9 Å². The van der Waals surface area contributed by atoms with Gasteiger partial charge in [-0.15, -0.1) is 0 Å². The van der Waals surface area contributed by atoms with E-state index >= 15 is 0 Å². The molecule has 0 spiro atoms. The van der Waals surface area contributed by atoms with E-state index in [2.05, 4.69) is 27.1 Å². The van der Waals surface area contributed by atoms with Gasteiger partial charge in [0.2, 0.25) is 0 Å². The quantitative estimate of drug-likeness (QED) is 0.861. The summed E-state index contributed by atoms with van der Waals surface area (Å²) in [4.78, 5) is 4.11. The minimum atomic E-state index is 0.335. The molecular weight excluding hydrogens is 254 g/mol. The average molecular weight is 264 g/mol. The summed E-state index contributed by atoms with van der Waals surface area (Å²) in [6, 6.07) is 7.39. The Morgan fingerprint density at radius 2 is 2.35 bits per heavy atom. The Kier molecular flexibility index (Phi) is 3.97. The van der Waals surface area contributed by atoms with Crippen molar-refractivity contribution in [3.8, 4) is 6.07 Å². The van der Waals surface area contributed by atoms with E-state index in [1.807, 2.05) is 6.07 Å². The van der Waals surface area contributed by atoms with Crippen LogP contribution in [0.4, 0.5) is 5.82 Å². The van der Waals surface area contributed by atoms with E-state index in [9.17, 15) is 0 Å². The fourth-order valence-corrected chi connectivity index (χ4v) is 2.33. The Morgan fingerprint density at radius 3 is 3.06 bits per heavy atom. The van der Waals surface area contributed by atoms with Gasteiger partial charge >= 0.3 is 0 Å². The highest BCUT2D eigenvalue weighted by Crippen LogP contribution is 2.14. The fourth-order valence-electron chi connectivity index (χ4n) is 1.42. The third kappa shape index (κ3) is 3.45. The van der Waals surface area contributed by atoms with Crippen LogP contribution in [0.3, 0.4) is 0 Å². The van der Waals surface area contributed by atoms with Gasteiger partial charge in [-0.2, -0.15) is 16.6 Å². The molecule has 1 N–H and O–H groups in total. The zero-order valence-electron chi connectivity index (χ0n) is 8.98. The second-order valence-corrected chi connectivity index (χ2v) is 4.65. The molecule has 2 aromatic heterocycles. The number of hydrogen-bond acceptors (Lipinski definition) is 4. The summed E-state index contributed by atoms with van der Waals surface area (Å²) >= 11 is 7.49. The van der Waals surface area contributed by atoms with Crippen molar-refractivity contribution in [1.82, 2.24) is 4.98 Å². The minimum Gasteiger partial charge on any atom is -0.370 e. The molecule has 0 aliphatic rings. The number of rotatable bonds is 4. The van der Waals surface area contributed by atoms with Crippen LogP contribution < -0.4 is 5.32 Å². The summed E-state index contributed by atoms with van der Waals surface area (Å²) < 4.78 is 0. The zero-order chi connectivity index (χ0) is 12.1. The lowest BCUT2D eigenvalue weighted by molar-refractivity contribution is 1.01. The predicted octanol–water partition coefficient (Wildman–Crippen LogP) is 3.32. The lowest BCUT2D eigenvalue weighted by Crippen LogP contribution is -2.06. The molecule has 0 aliphatic carbocycles. The molecule has 0 aliphatic heterocycles. The maximum absolute atomic E-state index is 8.80. The predicted molar refractivity (Wildman–Crippen MR) is 70.5 cm³/mol. The van der Waals surface area contributed by atoms with Crippen LogP contribution in [0.5, 0.6) is 0 Å². The maximum Gasteiger partial charge on any atom is 0.132 e. The highest BCUT2D eigenvalue weighted by atomic mass is 35.5. The number of aromatic nitrogens is 1. The van der Waals surface area contributed by atoms with Gasteiger partial charge < -0.3 is 5.32 Å². The molecule has 0 saturated heterocycles. The first-order valence-corrected chi connectivity index (χ1v) is 6.42. The number of halogens is 1. The summed E-state index contributed by atoms with van der Waals surface area (Å²) in [7, 11) is 0. The molecule has 0 radical (unpaired) electrons. The summed E-state index contributed by atoms with van der Waals surface area (Å²) in [5.41, 5.74) is 1.81. The van der Waals surface area contributed by atoms with Gasteiger partial charge in [-0.05, 0) is 40.9 Å². The molecule has 0 unspecified atom stereocenters. The van der Waals surface area contributed by atoms with E-state index in [0.29, 0.717) is 16.5 Å². The highest BCUT2D eigenvalue weighted by Gasteiger charge is 2.00. The third-order valence-corrected chi connectivity index (χ3v) is 3.15. The van der Waals surface area contributed by atoms with Crippen LogP contribution in [0.2, 0.25) is 5.15 Å². The molecule has 0 bridgehead atoms. The molecule has 2 rings (SSSR count). The number of nitrogens with one attached hydrogen (secondary N) is 1. The van der Waals surface area contributed by atoms with Crippen LogP contribution in [-0.4, -0.2) is 11.5 Å². The van der Waals surface area contributed by atoms with Gasteiger partial charge in [0.05, 0.1) is 11.6 Å². The Bertz CT molecular complexity index is 531. The Balaban J connectivity index is 1.95. The van der Waals surface area contributed by atoms with Crippen molar-refractivity contribution < 1.29 is 0 Å². The SMILES string of the molecule is N#Cc1cc(Cl)nc(NCCc2ccsc2)c1. The summed E-state index contributed by atoms with van der Waals surface area (Å²) in [5.74, 6) is 0.643. The minimum absolute atomic E-state index is 0.335. The smallest absolute Gasteiger partial charge is 0.132 e. The molecule has 17 heavy (non-hydrogen) atoms. The van der Waals surface area contributed by atoms with Crippen molar-refractivity contribution in [2.24, 2.45) is 0 Å². The van der Waals surface area contributed by atoms with E-state index in [-0.39, 0.29) is 0 Å². The normalized spacial score (nSPS) is 9.88. The van der Waals surface area contributed by atoms with E-state index < -0.39 is 0 Å². The van der Waals surface area contributed by atoms with Crippen molar-refractivity contribution in [3.63, 3.8) is 0 Å². The zero-order valence-corrected chi connectivity index (χ0v) is 10.6. The van der Waals surface area contributed by atoms with Crippen LogP contribution in [0.15, 0.2) is 29.0 Å². The molecule has 0 atom stereocenters. The summed E-state index contributed by atoms with van der Waals surface area (Å²) in [6.07, 6.45) is 0.930. The molecule has 2 heterocycles. The Hall–Kier alpha value is -1.57. The van der Waals surface area contributed by atoms with Crippen LogP contribution in [0, 0.1) is 11.3 Å². The van der Waals surface area contributed by atoms with Crippen LogP contribution >= 0.6 is 22.9 Å². The molecular formula is C12H10ClN3S. The number of hydrogen-bond donors (Lipinski definition) is 1. The third-order valence-electron chi connectivity index (χ3n) is 2.22. The maximum atomic E-state index is 8.80. The Labute approximate surface area is 109 Å². The lowest BCUT2D eigenvalue weighted by atomic mass is 10.2. The topological polar surface area (TPSA) is 48.7 Å². The summed E-state index contributed by atoms with van der Waals surface area (Å²) in [5, 5.41) is 16.5. The summed E-state index contributed by atoms with van der Waals surface area (Å²) in [6.45, 7) is 0.773. The second-order valence-electron chi connectivity index (χ2n) is 3.48. The second kappa shape index (κ2) is 5.67. The van der Waals surface area contributed by atoms with Crippen LogP contribution in [-0.2, 0) is 6.42 Å². The van der Waals surface area contributed by atoms with Crippen molar-refractivity contribution in [3.05, 3.63) is 45.2 Å². The van der Waals surface area contributed by atoms with E-state index in [0.717, 1.165) is 13.0 Å². The Morgan fingerprint density at radius 1 is 1.47 bits per heavy atom. The molecule has 0 aromatic carbocycles. The number of nitriles is 1. The first-order chi connectivity index (χ1) is 8.28. The molecule has 2 aromatic rings. The fraction of sp³-hybridized carbons (Fsp3) is 0.167. The van der Waals surface area contributed by atoms with Crippen molar-refractivity contribution in [2.75, 3.05) is 11.9 Å². The van der Waals surface area contributed by atoms with Gasteiger partial charge in [-0.1, -0.05) is 11.6 Å². The molecule has 3 nitrogen and oxygen atoms in total. The highest BCUT2D eigenvalue weighted by molar-refractivity contribution is 7.07. The molecule has 5 heteroatoms. The molecule has 0 fully saturated rings. The van der Waals surface area contributed by atoms with Gasteiger partial charge in [-0.25, -0.2) is 4.98 Å². The van der Waals surface area contributed by atoms with Crippen LogP contribution in [0.1, 0.15) is 11.1 Å². The van der Waals surface area contributed by atoms with Gasteiger partial charge in [0.15, 0.2) is 0 Å². The first kappa shape index (κ1) is 11.9. The number of thiophene rings is 1. The van der Waals surface area contributed by atoms with Gasteiger partial charge in [-0.3, -0.25) is 0 Å². The number of nitrogens with zero attached hydrogens (tertiary/aromatic N) is 2.